The monoisotopic (exact) mass is 252 g/mol. The maximum absolute atomic E-state index is 11.6. The predicted octanol–water partition coefficient (Wildman–Crippen LogP) is -0.108. The first kappa shape index (κ1) is 15.6. The lowest BCUT2D eigenvalue weighted by Crippen LogP contribution is -2.40. The van der Waals surface area contributed by atoms with Gasteiger partial charge in [0, 0.05) is 26.7 Å². The molecule has 1 heterocycles. The number of carbonyl (C=O) groups excluding carboxylic acids is 1. The van der Waals surface area contributed by atoms with Gasteiger partial charge in [-0.05, 0) is 13.0 Å². The Morgan fingerprint density at radius 3 is 2.81 bits per heavy atom. The maximum atomic E-state index is 11.6. The van der Waals surface area contributed by atoms with Gasteiger partial charge >= 0.3 is 0 Å². The van der Waals surface area contributed by atoms with Crippen LogP contribution in [0.25, 0.3) is 0 Å². The normalized spacial score (nSPS) is 19.2. The standard InChI is InChI=1S/C10H20N2O3.ClH/c1-12(9-3-4-11-7-9)10(13)8-15-6-5-14-2;/h9,11H,3-8H2,1-2H3;1H. The van der Waals surface area contributed by atoms with Crippen molar-refractivity contribution in [3.8, 4) is 0 Å². The summed E-state index contributed by atoms with van der Waals surface area (Å²) in [6.07, 6.45) is 1.03. The van der Waals surface area contributed by atoms with Crippen LogP contribution < -0.4 is 5.32 Å². The number of nitrogens with one attached hydrogen (secondary N) is 1. The molecule has 1 amide bonds. The summed E-state index contributed by atoms with van der Waals surface area (Å²) in [5.41, 5.74) is 0. The van der Waals surface area contributed by atoms with E-state index < -0.39 is 0 Å². The van der Waals surface area contributed by atoms with Crippen molar-refractivity contribution < 1.29 is 14.3 Å². The van der Waals surface area contributed by atoms with Gasteiger partial charge in [-0.3, -0.25) is 4.79 Å². The van der Waals surface area contributed by atoms with Crippen LogP contribution in [0.5, 0.6) is 0 Å². The van der Waals surface area contributed by atoms with Crippen molar-refractivity contribution in [3.63, 3.8) is 0 Å². The molecule has 96 valence electrons. The van der Waals surface area contributed by atoms with Crippen molar-refractivity contribution in [2.24, 2.45) is 0 Å². The third-order valence-electron chi connectivity index (χ3n) is 2.63. The summed E-state index contributed by atoms with van der Waals surface area (Å²) in [6.45, 7) is 3.03. The minimum Gasteiger partial charge on any atom is -0.382 e. The first-order valence-electron chi connectivity index (χ1n) is 5.28. The van der Waals surface area contributed by atoms with E-state index in [1.54, 1.807) is 12.0 Å². The molecule has 1 aliphatic rings. The zero-order chi connectivity index (χ0) is 11.1. The van der Waals surface area contributed by atoms with Crippen molar-refractivity contribution in [3.05, 3.63) is 0 Å². The topological polar surface area (TPSA) is 50.8 Å². The lowest BCUT2D eigenvalue weighted by Gasteiger charge is -2.23. The van der Waals surface area contributed by atoms with E-state index in [0.29, 0.717) is 19.3 Å². The summed E-state index contributed by atoms with van der Waals surface area (Å²) in [6, 6.07) is 0.323. The van der Waals surface area contributed by atoms with Crippen LogP contribution in [0, 0.1) is 0 Å². The number of amides is 1. The average Bonchev–Trinajstić information content (AvgIpc) is 2.76. The molecule has 1 rings (SSSR count). The molecular formula is C10H21ClN2O3. The van der Waals surface area contributed by atoms with Crippen molar-refractivity contribution in [2.45, 2.75) is 12.5 Å². The van der Waals surface area contributed by atoms with Crippen LogP contribution in [-0.2, 0) is 14.3 Å². The van der Waals surface area contributed by atoms with Crippen molar-refractivity contribution in [2.75, 3.05) is 47.1 Å². The van der Waals surface area contributed by atoms with E-state index >= 15 is 0 Å². The second-order valence-electron chi connectivity index (χ2n) is 3.70. The van der Waals surface area contributed by atoms with Crippen LogP contribution in [0.2, 0.25) is 0 Å². The Morgan fingerprint density at radius 1 is 1.50 bits per heavy atom. The SMILES string of the molecule is COCCOCC(=O)N(C)C1CCNC1.Cl. The van der Waals surface area contributed by atoms with Crippen molar-refractivity contribution >= 4 is 18.3 Å². The molecule has 1 saturated heterocycles. The fraction of sp³-hybridized carbons (Fsp3) is 0.900. The molecule has 16 heavy (non-hydrogen) atoms. The summed E-state index contributed by atoms with van der Waals surface area (Å²) < 4.78 is 10.0. The van der Waals surface area contributed by atoms with Gasteiger partial charge < -0.3 is 19.7 Å². The minimum atomic E-state index is 0. The van der Waals surface area contributed by atoms with Crippen LogP contribution in [0.15, 0.2) is 0 Å². The van der Waals surface area contributed by atoms with Gasteiger partial charge in [-0.15, -0.1) is 12.4 Å². The molecule has 1 fully saturated rings. The molecule has 1 unspecified atom stereocenters. The van der Waals surface area contributed by atoms with Crippen molar-refractivity contribution in [1.29, 1.82) is 0 Å². The number of ether oxygens (including phenoxy) is 2. The van der Waals surface area contributed by atoms with E-state index in [9.17, 15) is 4.79 Å². The predicted molar refractivity (Wildman–Crippen MR) is 64.0 cm³/mol. The Kier molecular flexibility index (Phi) is 8.56. The van der Waals surface area contributed by atoms with E-state index in [-0.39, 0.29) is 24.9 Å². The number of carbonyl (C=O) groups is 1. The van der Waals surface area contributed by atoms with Gasteiger partial charge in [-0.25, -0.2) is 0 Å². The molecule has 1 atom stereocenters. The fourth-order valence-corrected chi connectivity index (χ4v) is 1.58. The highest BCUT2D eigenvalue weighted by Gasteiger charge is 2.22. The molecular weight excluding hydrogens is 232 g/mol. The highest BCUT2D eigenvalue weighted by molar-refractivity contribution is 5.85. The number of halogens is 1. The number of hydrogen-bond donors (Lipinski definition) is 1. The summed E-state index contributed by atoms with van der Waals surface area (Å²) in [7, 11) is 3.45. The number of nitrogens with zero attached hydrogens (tertiary/aromatic N) is 1. The molecule has 1 aliphatic heterocycles. The molecule has 0 saturated carbocycles. The Labute approximate surface area is 103 Å². The number of rotatable bonds is 6. The van der Waals surface area contributed by atoms with Gasteiger partial charge in [0.2, 0.25) is 5.91 Å². The summed E-state index contributed by atoms with van der Waals surface area (Å²) >= 11 is 0. The molecule has 0 aliphatic carbocycles. The van der Waals surface area contributed by atoms with Gasteiger partial charge in [0.15, 0.2) is 0 Å². The number of likely N-dealkylation sites (N-methyl/N-ethyl adjacent to an activating group) is 1. The number of methoxy groups -OCH3 is 1. The molecule has 0 spiro atoms. The van der Waals surface area contributed by atoms with Crippen LogP contribution in [0.3, 0.4) is 0 Å². The largest absolute Gasteiger partial charge is 0.382 e. The molecule has 1 N–H and O–H groups in total. The Hall–Kier alpha value is -0.360. The lowest BCUT2D eigenvalue weighted by atomic mass is 10.2. The van der Waals surface area contributed by atoms with E-state index in [2.05, 4.69) is 5.32 Å². The van der Waals surface area contributed by atoms with Crippen molar-refractivity contribution in [1.82, 2.24) is 10.2 Å². The summed E-state index contributed by atoms with van der Waals surface area (Å²) in [5, 5.41) is 3.23. The Bertz CT molecular complexity index is 199. The summed E-state index contributed by atoms with van der Waals surface area (Å²) in [5.74, 6) is 0.0415. The lowest BCUT2D eigenvalue weighted by molar-refractivity contribution is -0.137. The minimum absolute atomic E-state index is 0. The van der Waals surface area contributed by atoms with E-state index in [4.69, 9.17) is 9.47 Å². The van der Waals surface area contributed by atoms with Crippen LogP contribution in [0.1, 0.15) is 6.42 Å². The Morgan fingerprint density at radius 2 is 2.25 bits per heavy atom. The zero-order valence-corrected chi connectivity index (χ0v) is 10.7. The third-order valence-corrected chi connectivity index (χ3v) is 2.63. The van der Waals surface area contributed by atoms with Gasteiger partial charge in [-0.2, -0.15) is 0 Å². The highest BCUT2D eigenvalue weighted by atomic mass is 35.5. The summed E-state index contributed by atoms with van der Waals surface area (Å²) in [4.78, 5) is 13.4. The van der Waals surface area contributed by atoms with E-state index in [1.807, 2.05) is 7.05 Å². The number of hydrogen-bond acceptors (Lipinski definition) is 4. The van der Waals surface area contributed by atoms with Gasteiger partial charge in [0.25, 0.3) is 0 Å². The second kappa shape index (κ2) is 8.75. The first-order valence-corrected chi connectivity index (χ1v) is 5.28. The molecule has 0 aromatic rings. The van der Waals surface area contributed by atoms with Gasteiger partial charge in [0.1, 0.15) is 6.61 Å². The molecule has 0 aromatic heterocycles. The van der Waals surface area contributed by atoms with Gasteiger partial charge in [-0.1, -0.05) is 0 Å². The zero-order valence-electron chi connectivity index (χ0n) is 9.90. The van der Waals surface area contributed by atoms with Gasteiger partial charge in [0.05, 0.1) is 13.2 Å². The smallest absolute Gasteiger partial charge is 0.248 e. The molecule has 6 heteroatoms. The van der Waals surface area contributed by atoms with Crippen LogP contribution in [0.4, 0.5) is 0 Å². The Balaban J connectivity index is 0.00000225. The molecule has 0 radical (unpaired) electrons. The quantitative estimate of drug-likeness (QED) is 0.671. The molecule has 5 nitrogen and oxygen atoms in total. The van der Waals surface area contributed by atoms with Crippen LogP contribution in [-0.4, -0.2) is 63.9 Å². The average molecular weight is 253 g/mol. The third kappa shape index (κ3) is 5.12. The van der Waals surface area contributed by atoms with E-state index in [1.165, 1.54) is 0 Å². The van der Waals surface area contributed by atoms with Crippen LogP contribution >= 0.6 is 12.4 Å². The fourth-order valence-electron chi connectivity index (χ4n) is 1.58. The maximum Gasteiger partial charge on any atom is 0.248 e. The molecule has 0 aromatic carbocycles. The molecule has 0 bridgehead atoms. The highest BCUT2D eigenvalue weighted by Crippen LogP contribution is 2.06. The second-order valence-corrected chi connectivity index (χ2v) is 3.70. The first-order chi connectivity index (χ1) is 7.25. The van der Waals surface area contributed by atoms with E-state index in [0.717, 1.165) is 19.5 Å².